The first-order valence-corrected chi connectivity index (χ1v) is 18.8. The van der Waals surface area contributed by atoms with E-state index >= 15 is 0 Å². The van der Waals surface area contributed by atoms with Gasteiger partial charge in [0.2, 0.25) is 0 Å². The number of benzene rings is 7. The van der Waals surface area contributed by atoms with Crippen molar-refractivity contribution in [2.75, 3.05) is 0 Å². The molecule has 0 fully saturated rings. The van der Waals surface area contributed by atoms with Crippen molar-refractivity contribution in [3.05, 3.63) is 207 Å². The molecule has 0 nitrogen and oxygen atoms in total. The van der Waals surface area contributed by atoms with Gasteiger partial charge in [0, 0.05) is 0 Å². The molecule has 0 bridgehead atoms. The number of hydrogen-bond acceptors (Lipinski definition) is 0. The molecule has 1 heteroatoms. The molecule has 244 valence electrons. The minimum absolute atomic E-state index is 0.156. The zero-order valence-electron chi connectivity index (χ0n) is 29.3. The van der Waals surface area contributed by atoms with Gasteiger partial charge < -0.3 is 0 Å². The zero-order valence-corrected chi connectivity index (χ0v) is 29.3. The van der Waals surface area contributed by atoms with Crippen molar-refractivity contribution in [2.45, 2.75) is 37.0 Å². The number of rotatable bonds is 6. The van der Waals surface area contributed by atoms with Gasteiger partial charge in [-0.2, -0.15) is 0 Å². The number of aryl methyl sites for hydroxylation is 4. The molecule has 1 unspecified atom stereocenters. The molecular weight excluding hydrogens is 623 g/mol. The van der Waals surface area contributed by atoms with Gasteiger partial charge in [-0.05, 0) is 42.4 Å². The summed E-state index contributed by atoms with van der Waals surface area (Å²) in [4.78, 5) is 0. The normalized spacial score (nSPS) is 16.2. The molecule has 0 heterocycles. The molecule has 4 aliphatic rings. The van der Waals surface area contributed by atoms with E-state index in [2.05, 4.69) is 160 Å². The average molecular weight is 661 g/mol. The van der Waals surface area contributed by atoms with E-state index in [1.165, 1.54) is 113 Å². The van der Waals surface area contributed by atoms with E-state index in [0.717, 1.165) is 18.4 Å². The number of hydrogen-bond donors (Lipinski definition) is 0. The second-order valence-electron chi connectivity index (χ2n) is 15.2. The summed E-state index contributed by atoms with van der Waals surface area (Å²) in [7, 11) is 4.29. The Morgan fingerprint density at radius 2 is 1.00 bits per heavy atom. The summed E-state index contributed by atoms with van der Waals surface area (Å²) >= 11 is 0. The summed E-state index contributed by atoms with van der Waals surface area (Å²) in [6.07, 6.45) is 6.61. The fourth-order valence-electron chi connectivity index (χ4n) is 9.84. The summed E-state index contributed by atoms with van der Waals surface area (Å²) in [6, 6.07) is 53.9. The van der Waals surface area contributed by atoms with Crippen LogP contribution in [0.5, 0.6) is 0 Å². The van der Waals surface area contributed by atoms with E-state index in [0.29, 0.717) is 0 Å². The molecule has 0 aliphatic heterocycles. The Morgan fingerprint density at radius 1 is 0.481 bits per heavy atom. The van der Waals surface area contributed by atoms with Crippen LogP contribution in [0.3, 0.4) is 0 Å². The Kier molecular flexibility index (Phi) is 6.39. The van der Waals surface area contributed by atoms with Gasteiger partial charge in [-0.3, -0.25) is 0 Å². The van der Waals surface area contributed by atoms with E-state index in [4.69, 9.17) is 0 Å². The molecule has 7 aromatic carbocycles. The van der Waals surface area contributed by atoms with E-state index in [-0.39, 0.29) is 5.92 Å². The first-order valence-electron chi connectivity index (χ1n) is 18.8. The molecule has 1 atom stereocenters. The first kappa shape index (κ1) is 29.9. The maximum absolute atomic E-state index is 4.29. The molecule has 0 aromatic heterocycles. The Hall–Kier alpha value is -5.79. The second-order valence-corrected chi connectivity index (χ2v) is 15.2. The molecule has 11 rings (SSSR count). The van der Waals surface area contributed by atoms with Gasteiger partial charge in [-0.1, -0.05) is 30.3 Å². The van der Waals surface area contributed by atoms with Crippen LogP contribution in [0.4, 0.5) is 0 Å². The van der Waals surface area contributed by atoms with Crippen molar-refractivity contribution >= 4 is 19.5 Å². The molecule has 0 spiro atoms. The van der Waals surface area contributed by atoms with Gasteiger partial charge in [-0.25, -0.2) is 0 Å². The third kappa shape index (κ3) is 4.08. The van der Waals surface area contributed by atoms with Crippen LogP contribution in [-0.2, 0) is 31.1 Å². The molecule has 0 saturated heterocycles. The van der Waals surface area contributed by atoms with Crippen LogP contribution in [0, 0.1) is 0 Å². The van der Waals surface area contributed by atoms with Crippen LogP contribution in [-0.4, -0.2) is 13.5 Å². The van der Waals surface area contributed by atoms with Gasteiger partial charge in [0.1, 0.15) is 0 Å². The van der Waals surface area contributed by atoms with Gasteiger partial charge in [0.05, 0.1) is 0 Å². The summed E-state index contributed by atoms with van der Waals surface area (Å²) in [5, 5.41) is 0. The van der Waals surface area contributed by atoms with Crippen LogP contribution in [0.2, 0.25) is 0 Å². The molecule has 0 N–H and O–H groups in total. The van der Waals surface area contributed by atoms with Crippen molar-refractivity contribution in [2.24, 2.45) is 0 Å². The molecule has 4 aliphatic carbocycles. The fourth-order valence-corrected chi connectivity index (χ4v) is 9.84. The second kappa shape index (κ2) is 11.1. The summed E-state index contributed by atoms with van der Waals surface area (Å²) in [6.45, 7) is 4.03. The van der Waals surface area contributed by atoms with Crippen molar-refractivity contribution in [3.63, 3.8) is 0 Å². The van der Waals surface area contributed by atoms with Gasteiger partial charge in [0.25, 0.3) is 0 Å². The molecular formula is C51H37B. The van der Waals surface area contributed by atoms with Crippen molar-refractivity contribution in [1.82, 2.24) is 0 Å². The molecule has 7 aromatic rings. The predicted molar refractivity (Wildman–Crippen MR) is 220 cm³/mol. The Morgan fingerprint density at radius 3 is 1.54 bits per heavy atom. The quantitative estimate of drug-likeness (QED) is 0.156. The summed E-state index contributed by atoms with van der Waals surface area (Å²) < 4.78 is 0. The molecule has 0 amide bonds. The third-order valence-corrected chi connectivity index (χ3v) is 12.7. The van der Waals surface area contributed by atoms with Crippen molar-refractivity contribution in [1.29, 1.82) is 0 Å². The Labute approximate surface area is 307 Å². The predicted octanol–water partition coefficient (Wildman–Crippen LogP) is 11.0. The van der Waals surface area contributed by atoms with Gasteiger partial charge in [0.15, 0.2) is 0 Å². The Balaban J connectivity index is 1.16. The van der Waals surface area contributed by atoms with Crippen LogP contribution >= 0.6 is 0 Å². The first-order chi connectivity index (χ1) is 25.6. The molecule has 52 heavy (non-hydrogen) atoms. The zero-order chi connectivity index (χ0) is 34.6. The van der Waals surface area contributed by atoms with Gasteiger partial charge in [-0.15, -0.1) is 0 Å². The van der Waals surface area contributed by atoms with E-state index in [9.17, 15) is 0 Å². The van der Waals surface area contributed by atoms with Crippen LogP contribution in [0.1, 0.15) is 67.1 Å². The van der Waals surface area contributed by atoms with Crippen molar-refractivity contribution in [3.8, 4) is 44.5 Å². The third-order valence-electron chi connectivity index (χ3n) is 12.7. The topological polar surface area (TPSA) is 0 Å². The monoisotopic (exact) mass is 660 g/mol. The van der Waals surface area contributed by atoms with Crippen LogP contribution in [0.25, 0.3) is 50.6 Å². The van der Waals surface area contributed by atoms with Gasteiger partial charge >= 0.3 is 236 Å². The standard InChI is InChI=1S/C51H37B/c1-2-31-8-20-42-43-21-15-37(27-47(43)48(30-52)46(42)24-31)39-17-23-45-44-22-16-38(32-6-4-3-5-7-32)28-49(44)51(50(45)29-39,40-18-13-33-9-11-35(33)25-40)41-19-14-34-10-12-36(34)26-41/h2-8,13-30,48,52H,1,9-12H2. The summed E-state index contributed by atoms with van der Waals surface area (Å²) in [5.74, 6) is 2.26. The summed E-state index contributed by atoms with van der Waals surface area (Å²) in [5.41, 5.74) is 25.1. The average Bonchev–Trinajstić information content (AvgIpc) is 3.64. The molecule has 0 saturated carbocycles. The van der Waals surface area contributed by atoms with Crippen LogP contribution < -0.4 is 0 Å². The SMILES string of the molecule is B=CC1c2cc(C=C)ccc2-c2ccc(-c3ccc4c(c3)C(c3ccc5c(c3)CC5)(c3ccc5c(c3)CC5)c3cc(-c5ccccc5)ccc3-4)cc21. The minimum atomic E-state index is -0.446. The van der Waals surface area contributed by atoms with E-state index in [1.54, 1.807) is 0 Å². The Bertz CT molecular complexity index is 2620. The van der Waals surface area contributed by atoms with Crippen molar-refractivity contribution < 1.29 is 0 Å². The van der Waals surface area contributed by atoms with E-state index in [1.807, 2.05) is 6.08 Å². The molecule has 0 radical (unpaired) electrons. The maximum atomic E-state index is 4.29. The van der Waals surface area contributed by atoms with Crippen LogP contribution in [0.15, 0.2) is 146 Å². The number of fused-ring (bicyclic) bond motifs is 8. The fraction of sp³-hybridized carbons (Fsp3) is 0.118. The van der Waals surface area contributed by atoms with E-state index < -0.39 is 5.41 Å².